The van der Waals surface area contributed by atoms with E-state index in [1.165, 1.54) is 18.9 Å². The molecule has 1 aromatic rings. The molecule has 0 aliphatic heterocycles. The number of anilines is 1. The first-order chi connectivity index (χ1) is 9.18. The van der Waals surface area contributed by atoms with Crippen molar-refractivity contribution in [2.24, 2.45) is 5.92 Å². The van der Waals surface area contributed by atoms with Crippen LogP contribution in [-0.4, -0.2) is 24.7 Å². The van der Waals surface area contributed by atoms with Crippen LogP contribution in [0.4, 0.5) is 11.4 Å². The molecule has 0 aromatic heterocycles. The third-order valence-corrected chi connectivity index (χ3v) is 3.31. The van der Waals surface area contributed by atoms with Crippen LogP contribution in [0.1, 0.15) is 19.3 Å². The molecule has 1 aromatic carbocycles. The van der Waals surface area contributed by atoms with Gasteiger partial charge in [-0.2, -0.15) is 0 Å². The maximum absolute atomic E-state index is 10.9. The number of nitrogens with zero attached hydrogens (tertiary/aromatic N) is 1. The van der Waals surface area contributed by atoms with E-state index in [9.17, 15) is 10.1 Å². The van der Waals surface area contributed by atoms with Gasteiger partial charge in [-0.1, -0.05) is 17.7 Å². The SMILES string of the molecule is O=[N+]([O-])c1c(Cl)cccc1NCCCOCC1CC1. The number of rotatable bonds is 8. The van der Waals surface area contributed by atoms with Gasteiger partial charge < -0.3 is 10.1 Å². The molecule has 0 bridgehead atoms. The van der Waals surface area contributed by atoms with Crippen LogP contribution in [0.5, 0.6) is 0 Å². The van der Waals surface area contributed by atoms with E-state index in [-0.39, 0.29) is 10.7 Å². The van der Waals surface area contributed by atoms with Gasteiger partial charge in [0, 0.05) is 19.8 Å². The molecule has 1 aliphatic carbocycles. The number of nitro groups is 1. The summed E-state index contributed by atoms with van der Waals surface area (Å²) in [5.74, 6) is 0.766. The Morgan fingerprint density at radius 2 is 2.26 bits per heavy atom. The molecular weight excluding hydrogens is 268 g/mol. The lowest BCUT2D eigenvalue weighted by molar-refractivity contribution is -0.383. The summed E-state index contributed by atoms with van der Waals surface area (Å²) in [5, 5.41) is 14.1. The average Bonchev–Trinajstić information content (AvgIpc) is 3.17. The van der Waals surface area contributed by atoms with Crippen molar-refractivity contribution in [2.45, 2.75) is 19.3 Å². The summed E-state index contributed by atoms with van der Waals surface area (Å²) in [6.07, 6.45) is 3.39. The fourth-order valence-electron chi connectivity index (χ4n) is 1.78. The molecule has 0 radical (unpaired) electrons. The number of hydrogen-bond acceptors (Lipinski definition) is 4. The number of halogens is 1. The summed E-state index contributed by atoms with van der Waals surface area (Å²) in [6, 6.07) is 4.87. The fourth-order valence-corrected chi connectivity index (χ4v) is 2.02. The molecule has 1 N–H and O–H groups in total. The van der Waals surface area contributed by atoms with E-state index >= 15 is 0 Å². The molecule has 0 amide bonds. The summed E-state index contributed by atoms with van der Waals surface area (Å²) < 4.78 is 5.50. The first-order valence-electron chi connectivity index (χ1n) is 6.43. The summed E-state index contributed by atoms with van der Waals surface area (Å²) in [7, 11) is 0. The largest absolute Gasteiger partial charge is 0.381 e. The average molecular weight is 285 g/mol. The molecule has 6 heteroatoms. The van der Waals surface area contributed by atoms with Crippen molar-refractivity contribution in [1.82, 2.24) is 0 Å². The van der Waals surface area contributed by atoms with Gasteiger partial charge in [0.15, 0.2) is 0 Å². The van der Waals surface area contributed by atoms with Crippen LogP contribution in [0.25, 0.3) is 0 Å². The zero-order chi connectivity index (χ0) is 13.7. The fraction of sp³-hybridized carbons (Fsp3) is 0.538. The van der Waals surface area contributed by atoms with Crippen LogP contribution in [0.2, 0.25) is 5.02 Å². The lowest BCUT2D eigenvalue weighted by Gasteiger charge is -2.08. The number of nitrogens with one attached hydrogen (secondary N) is 1. The highest BCUT2D eigenvalue weighted by Crippen LogP contribution is 2.32. The molecule has 2 rings (SSSR count). The highest BCUT2D eigenvalue weighted by Gasteiger charge is 2.21. The third-order valence-electron chi connectivity index (χ3n) is 3.00. The predicted octanol–water partition coefficient (Wildman–Crippen LogP) is 3.48. The second kappa shape index (κ2) is 6.73. The molecule has 1 saturated carbocycles. The number of para-hydroxylation sites is 1. The second-order valence-electron chi connectivity index (χ2n) is 4.69. The number of nitro benzene ring substituents is 1. The summed E-state index contributed by atoms with van der Waals surface area (Å²) in [4.78, 5) is 10.5. The Morgan fingerprint density at radius 3 is 2.95 bits per heavy atom. The van der Waals surface area contributed by atoms with E-state index in [0.717, 1.165) is 18.9 Å². The Labute approximate surface area is 117 Å². The maximum Gasteiger partial charge on any atom is 0.310 e. The molecule has 1 fully saturated rings. The predicted molar refractivity (Wildman–Crippen MR) is 74.8 cm³/mol. The Balaban J connectivity index is 1.75. The van der Waals surface area contributed by atoms with Gasteiger partial charge in [0.2, 0.25) is 0 Å². The van der Waals surface area contributed by atoms with E-state index in [1.54, 1.807) is 12.1 Å². The van der Waals surface area contributed by atoms with Crippen LogP contribution in [-0.2, 0) is 4.74 Å². The Morgan fingerprint density at radius 1 is 1.47 bits per heavy atom. The maximum atomic E-state index is 10.9. The lowest BCUT2D eigenvalue weighted by Crippen LogP contribution is -2.08. The molecule has 104 valence electrons. The van der Waals surface area contributed by atoms with Crippen LogP contribution >= 0.6 is 11.6 Å². The van der Waals surface area contributed by atoms with Gasteiger partial charge in [-0.25, -0.2) is 0 Å². The zero-order valence-corrected chi connectivity index (χ0v) is 11.4. The van der Waals surface area contributed by atoms with Gasteiger partial charge in [0.1, 0.15) is 10.7 Å². The van der Waals surface area contributed by atoms with Gasteiger partial charge >= 0.3 is 5.69 Å². The van der Waals surface area contributed by atoms with E-state index in [0.29, 0.717) is 18.8 Å². The molecule has 5 nitrogen and oxygen atoms in total. The van der Waals surface area contributed by atoms with Crippen molar-refractivity contribution in [3.05, 3.63) is 33.3 Å². The monoisotopic (exact) mass is 284 g/mol. The van der Waals surface area contributed by atoms with E-state index in [4.69, 9.17) is 16.3 Å². The van der Waals surface area contributed by atoms with Crippen molar-refractivity contribution in [1.29, 1.82) is 0 Å². The minimum atomic E-state index is -0.464. The first kappa shape index (κ1) is 14.1. The summed E-state index contributed by atoms with van der Waals surface area (Å²) in [6.45, 7) is 2.15. The van der Waals surface area contributed by atoms with Crippen molar-refractivity contribution in [3.8, 4) is 0 Å². The minimum absolute atomic E-state index is 0.0666. The second-order valence-corrected chi connectivity index (χ2v) is 5.10. The van der Waals surface area contributed by atoms with Crippen LogP contribution in [0.3, 0.4) is 0 Å². The molecule has 0 spiro atoms. The number of ether oxygens (including phenoxy) is 1. The molecular formula is C13H17ClN2O3. The normalized spacial score (nSPS) is 14.4. The highest BCUT2D eigenvalue weighted by atomic mass is 35.5. The molecule has 0 atom stereocenters. The first-order valence-corrected chi connectivity index (χ1v) is 6.81. The van der Waals surface area contributed by atoms with Gasteiger partial charge in [0.25, 0.3) is 0 Å². The number of benzene rings is 1. The van der Waals surface area contributed by atoms with Crippen molar-refractivity contribution < 1.29 is 9.66 Å². The van der Waals surface area contributed by atoms with Crippen molar-refractivity contribution >= 4 is 23.0 Å². The molecule has 0 heterocycles. The van der Waals surface area contributed by atoms with Crippen LogP contribution < -0.4 is 5.32 Å². The quantitative estimate of drug-likeness (QED) is 0.451. The lowest BCUT2D eigenvalue weighted by atomic mass is 10.2. The van der Waals surface area contributed by atoms with E-state index in [2.05, 4.69) is 5.32 Å². The Bertz CT molecular complexity index is 450. The molecule has 0 unspecified atom stereocenters. The van der Waals surface area contributed by atoms with Crippen LogP contribution in [0.15, 0.2) is 18.2 Å². The van der Waals surface area contributed by atoms with E-state index in [1.807, 2.05) is 0 Å². The van der Waals surface area contributed by atoms with Crippen molar-refractivity contribution in [2.75, 3.05) is 25.1 Å². The standard InChI is InChI=1S/C13H17ClN2O3/c14-11-3-1-4-12(13(11)16(17)18)15-7-2-8-19-9-10-5-6-10/h1,3-4,10,15H,2,5-9H2. The van der Waals surface area contributed by atoms with Gasteiger partial charge in [-0.3, -0.25) is 10.1 Å². The van der Waals surface area contributed by atoms with Crippen LogP contribution in [0, 0.1) is 16.0 Å². The summed E-state index contributed by atoms with van der Waals surface area (Å²) >= 11 is 5.82. The van der Waals surface area contributed by atoms with Gasteiger partial charge in [-0.05, 0) is 37.3 Å². The third kappa shape index (κ3) is 4.36. The van der Waals surface area contributed by atoms with Gasteiger partial charge in [0.05, 0.1) is 4.92 Å². The van der Waals surface area contributed by atoms with E-state index < -0.39 is 4.92 Å². The zero-order valence-electron chi connectivity index (χ0n) is 10.6. The Kier molecular flexibility index (Phi) is 4.99. The topological polar surface area (TPSA) is 64.4 Å². The molecule has 0 saturated heterocycles. The summed E-state index contributed by atoms with van der Waals surface area (Å²) in [5.41, 5.74) is 0.391. The molecule has 19 heavy (non-hydrogen) atoms. The molecule has 1 aliphatic rings. The van der Waals surface area contributed by atoms with Crippen molar-refractivity contribution in [3.63, 3.8) is 0 Å². The minimum Gasteiger partial charge on any atom is -0.381 e. The number of hydrogen-bond donors (Lipinski definition) is 1. The Hall–Kier alpha value is -1.33. The smallest absolute Gasteiger partial charge is 0.310 e. The highest BCUT2D eigenvalue weighted by molar-refractivity contribution is 6.33. The van der Waals surface area contributed by atoms with Gasteiger partial charge in [-0.15, -0.1) is 0 Å².